The summed E-state index contributed by atoms with van der Waals surface area (Å²) in [7, 11) is 0. The molecule has 6 heavy (non-hydrogen) atoms. The predicted molar refractivity (Wildman–Crippen MR) is 23.0 cm³/mol. The Kier molecular flexibility index (Phi) is 27.4. The number of rotatable bonds is 0. The van der Waals surface area contributed by atoms with E-state index in [-0.39, 0.29) is 14.6 Å². The summed E-state index contributed by atoms with van der Waals surface area (Å²) in [5.41, 5.74) is 4.03. The van der Waals surface area contributed by atoms with E-state index in [1.165, 1.54) is 0 Å². The van der Waals surface area contributed by atoms with Gasteiger partial charge in [-0.2, -0.15) is 0 Å². The van der Waals surface area contributed by atoms with Crippen molar-refractivity contribution in [3.8, 4) is 0 Å². The lowest BCUT2D eigenvalue weighted by molar-refractivity contribution is 0.205. The van der Waals surface area contributed by atoms with Gasteiger partial charge in [-0.25, -0.2) is 4.79 Å². The Bertz CT molecular complexity index is 34.5. The van der Waals surface area contributed by atoms with Gasteiger partial charge in [-0.1, -0.05) is 0 Å². The SMILES string of the molecule is N.NC(=O)O.[B]. The van der Waals surface area contributed by atoms with E-state index in [4.69, 9.17) is 9.90 Å². The first kappa shape index (κ1) is 18.5. The molecular weight excluding hydrogens is 82.8 g/mol. The van der Waals surface area contributed by atoms with E-state index in [1.807, 2.05) is 0 Å². The zero-order chi connectivity index (χ0) is 3.58. The molecule has 4 nitrogen and oxygen atoms in total. The number of primary amides is 1. The van der Waals surface area contributed by atoms with E-state index in [1.54, 1.807) is 0 Å². The fourth-order valence-corrected chi connectivity index (χ4v) is 0. The van der Waals surface area contributed by atoms with Crippen molar-refractivity contribution >= 4 is 14.5 Å². The predicted octanol–water partition coefficient (Wildman–Crippen LogP) is -0.596. The molecule has 0 unspecified atom stereocenters. The molecule has 0 heterocycles. The molecule has 0 spiro atoms. The highest BCUT2D eigenvalue weighted by molar-refractivity contribution is 5.75. The van der Waals surface area contributed by atoms with Gasteiger partial charge in [-0.3, -0.25) is 0 Å². The Morgan fingerprint density at radius 1 is 1.67 bits per heavy atom. The Morgan fingerprint density at radius 3 is 1.67 bits per heavy atom. The Balaban J connectivity index is -0.0000000450. The van der Waals surface area contributed by atoms with Crippen LogP contribution < -0.4 is 11.9 Å². The molecule has 0 aromatic carbocycles. The minimum absolute atomic E-state index is 0. The summed E-state index contributed by atoms with van der Waals surface area (Å²) in [5.74, 6) is 0. The molecule has 1 amide bonds. The molecule has 6 N–H and O–H groups in total. The number of amides is 1. The average Bonchev–Trinajstić information content (AvgIpc) is 0.811. The monoisotopic (exact) mass is 89.1 g/mol. The van der Waals surface area contributed by atoms with Gasteiger partial charge in [0.25, 0.3) is 0 Å². The normalized spacial score (nSPS) is 4.00. The van der Waals surface area contributed by atoms with Crippen LogP contribution in [0.1, 0.15) is 0 Å². The first-order chi connectivity index (χ1) is 1.73. The van der Waals surface area contributed by atoms with Crippen LogP contribution in [0.2, 0.25) is 0 Å². The first-order valence-electron chi connectivity index (χ1n) is 0.716. The summed E-state index contributed by atoms with van der Waals surface area (Å²) in [6.45, 7) is 0. The fraction of sp³-hybridized carbons (Fsp3) is 0. The standard InChI is InChI=1S/CH3NO2.B.H3N/c2-1(3)4;;/h2H2,(H,3,4);;1H3. The van der Waals surface area contributed by atoms with Gasteiger partial charge in [0.1, 0.15) is 0 Å². The second-order valence-corrected chi connectivity index (χ2v) is 0.338. The maximum atomic E-state index is 8.78. The molecule has 3 radical (unpaired) electrons. The minimum atomic E-state index is -1.33. The Hall–Kier alpha value is -0.705. The third-order valence-corrected chi connectivity index (χ3v) is 0. The lowest BCUT2D eigenvalue weighted by Gasteiger charge is -1.61. The van der Waals surface area contributed by atoms with Gasteiger partial charge in [0.15, 0.2) is 0 Å². The maximum absolute atomic E-state index is 8.78. The summed E-state index contributed by atoms with van der Waals surface area (Å²) < 4.78 is 0. The molecule has 0 aromatic rings. The average molecular weight is 88.9 g/mol. The van der Waals surface area contributed by atoms with Crippen molar-refractivity contribution in [1.29, 1.82) is 0 Å². The number of hydrogen-bond acceptors (Lipinski definition) is 2. The second kappa shape index (κ2) is 8.85. The molecule has 0 aliphatic rings. The van der Waals surface area contributed by atoms with Crippen molar-refractivity contribution in [1.82, 2.24) is 6.15 Å². The van der Waals surface area contributed by atoms with Crippen LogP contribution in [0.15, 0.2) is 0 Å². The molecule has 0 saturated heterocycles. The van der Waals surface area contributed by atoms with Gasteiger partial charge < -0.3 is 17.0 Å². The fourth-order valence-electron chi connectivity index (χ4n) is 0. The maximum Gasteiger partial charge on any atom is 0.402 e. The summed E-state index contributed by atoms with van der Waals surface area (Å²) in [4.78, 5) is 8.78. The highest BCUT2D eigenvalue weighted by Crippen LogP contribution is 1.34. The van der Waals surface area contributed by atoms with Crippen LogP contribution in [0.4, 0.5) is 4.79 Å². The zero-order valence-corrected chi connectivity index (χ0v) is 3.22. The molecule has 0 saturated carbocycles. The van der Waals surface area contributed by atoms with Crippen LogP contribution in [-0.2, 0) is 0 Å². The largest absolute Gasteiger partial charge is 0.465 e. The lowest BCUT2D eigenvalue weighted by Crippen LogP contribution is -2.03. The van der Waals surface area contributed by atoms with E-state index in [0.29, 0.717) is 0 Å². The number of hydrogen-bond donors (Lipinski definition) is 3. The van der Waals surface area contributed by atoms with Gasteiger partial charge in [-0.05, 0) is 0 Å². The molecule has 0 aromatic heterocycles. The van der Waals surface area contributed by atoms with E-state index in [2.05, 4.69) is 5.73 Å². The Morgan fingerprint density at radius 2 is 1.67 bits per heavy atom. The van der Waals surface area contributed by atoms with Crippen molar-refractivity contribution in [3.63, 3.8) is 0 Å². The summed E-state index contributed by atoms with van der Waals surface area (Å²) in [6.07, 6.45) is -1.33. The number of nitrogens with two attached hydrogens (primary N) is 1. The van der Waals surface area contributed by atoms with E-state index in [0.717, 1.165) is 0 Å². The third kappa shape index (κ3) is 34.9. The van der Waals surface area contributed by atoms with Crippen molar-refractivity contribution in [2.24, 2.45) is 5.73 Å². The van der Waals surface area contributed by atoms with Crippen LogP contribution in [-0.4, -0.2) is 19.6 Å². The van der Waals surface area contributed by atoms with Crippen molar-refractivity contribution in [2.75, 3.05) is 0 Å². The topological polar surface area (TPSA) is 98.3 Å². The number of carbonyl (C=O) groups is 1. The van der Waals surface area contributed by atoms with Gasteiger partial charge in [-0.15, -0.1) is 0 Å². The first-order valence-corrected chi connectivity index (χ1v) is 0.716. The number of carboxylic acid groups (broad SMARTS) is 1. The third-order valence-electron chi connectivity index (χ3n) is 0. The van der Waals surface area contributed by atoms with Gasteiger partial charge >= 0.3 is 6.09 Å². The molecule has 0 aliphatic heterocycles. The van der Waals surface area contributed by atoms with Crippen LogP contribution in [0, 0.1) is 0 Å². The summed E-state index contributed by atoms with van der Waals surface area (Å²) in [5, 5.41) is 7.19. The molecule has 0 atom stereocenters. The van der Waals surface area contributed by atoms with Gasteiger partial charge in [0.05, 0.1) is 0 Å². The van der Waals surface area contributed by atoms with Crippen LogP contribution in [0.25, 0.3) is 0 Å². The van der Waals surface area contributed by atoms with Crippen molar-refractivity contribution in [2.45, 2.75) is 0 Å². The van der Waals surface area contributed by atoms with E-state index in [9.17, 15) is 0 Å². The highest BCUT2D eigenvalue weighted by Gasteiger charge is 1.65. The lowest BCUT2D eigenvalue weighted by atomic mass is 10.8. The van der Waals surface area contributed by atoms with Crippen LogP contribution in [0.3, 0.4) is 0 Å². The van der Waals surface area contributed by atoms with E-state index < -0.39 is 6.09 Å². The molecule has 0 fully saturated rings. The van der Waals surface area contributed by atoms with E-state index >= 15 is 0 Å². The molecule has 0 rings (SSSR count). The van der Waals surface area contributed by atoms with Crippen LogP contribution in [0.5, 0.6) is 0 Å². The Labute approximate surface area is 37.5 Å². The molecular formula is CH6BN2O2. The van der Waals surface area contributed by atoms with Gasteiger partial charge in [0, 0.05) is 8.41 Å². The van der Waals surface area contributed by atoms with Crippen molar-refractivity contribution in [3.05, 3.63) is 0 Å². The van der Waals surface area contributed by atoms with Gasteiger partial charge in [0.2, 0.25) is 0 Å². The summed E-state index contributed by atoms with van der Waals surface area (Å²) in [6, 6.07) is 0. The van der Waals surface area contributed by atoms with Crippen LogP contribution >= 0.6 is 0 Å². The highest BCUT2D eigenvalue weighted by atomic mass is 16.4. The minimum Gasteiger partial charge on any atom is -0.465 e. The quantitative estimate of drug-likeness (QED) is 0.345. The molecule has 0 bridgehead atoms. The second-order valence-electron chi connectivity index (χ2n) is 0.338. The smallest absolute Gasteiger partial charge is 0.402 e. The molecule has 35 valence electrons. The zero-order valence-electron chi connectivity index (χ0n) is 3.22. The molecule has 5 heteroatoms. The summed E-state index contributed by atoms with van der Waals surface area (Å²) >= 11 is 0. The van der Waals surface area contributed by atoms with Crippen molar-refractivity contribution < 1.29 is 9.90 Å². The molecule has 0 aliphatic carbocycles.